The van der Waals surface area contributed by atoms with Crippen LogP contribution in [0.15, 0.2) is 69.9 Å². The van der Waals surface area contributed by atoms with Crippen LogP contribution < -0.4 is 20.4 Å². The van der Waals surface area contributed by atoms with Gasteiger partial charge in [-0.25, -0.2) is 4.79 Å². The predicted octanol–water partition coefficient (Wildman–Crippen LogP) is 5.37. The van der Waals surface area contributed by atoms with Crippen molar-refractivity contribution >= 4 is 40.1 Å². The molecule has 0 radical (unpaired) electrons. The minimum atomic E-state index is -0.806. The van der Waals surface area contributed by atoms with Crippen molar-refractivity contribution in [1.29, 1.82) is 0 Å². The molecule has 4 aromatic rings. The molecule has 0 saturated carbocycles. The van der Waals surface area contributed by atoms with Gasteiger partial charge in [0.1, 0.15) is 11.3 Å². The molecule has 3 aromatic carbocycles. The third-order valence-electron chi connectivity index (χ3n) is 5.83. The van der Waals surface area contributed by atoms with Crippen LogP contribution in [-0.2, 0) is 11.3 Å². The first-order valence-electron chi connectivity index (χ1n) is 10.8. The van der Waals surface area contributed by atoms with Gasteiger partial charge in [0.15, 0.2) is 11.5 Å². The Balaban J connectivity index is 1.50. The van der Waals surface area contributed by atoms with Crippen molar-refractivity contribution in [2.24, 2.45) is 0 Å². The Hall–Kier alpha value is -3.68. The second-order valence-corrected chi connectivity index (χ2v) is 8.86. The summed E-state index contributed by atoms with van der Waals surface area (Å²) in [6.07, 6.45) is -0.127. The molecule has 0 aliphatic carbocycles. The number of amides is 1. The summed E-state index contributed by atoms with van der Waals surface area (Å²) < 4.78 is 16.3. The Bertz CT molecular complexity index is 1500. The van der Waals surface area contributed by atoms with Gasteiger partial charge in [-0.1, -0.05) is 47.5 Å². The topological polar surface area (TPSA) is 98.0 Å². The fourth-order valence-electron chi connectivity index (χ4n) is 4.08. The van der Waals surface area contributed by atoms with E-state index in [9.17, 15) is 14.7 Å². The van der Waals surface area contributed by atoms with Crippen molar-refractivity contribution in [3.63, 3.8) is 0 Å². The Kier molecular flexibility index (Phi) is 6.28. The zero-order chi connectivity index (χ0) is 24.5. The van der Waals surface area contributed by atoms with Crippen LogP contribution in [0, 0.1) is 0 Å². The lowest BCUT2D eigenvalue weighted by atomic mass is 9.87. The minimum Gasteiger partial charge on any atom is -0.507 e. The molecular weight excluding hydrogens is 493 g/mol. The van der Waals surface area contributed by atoms with E-state index in [1.165, 1.54) is 0 Å². The number of carbonyl (C=O) groups excluding carboxylic acids is 1. The summed E-state index contributed by atoms with van der Waals surface area (Å²) in [5.41, 5.74) is 0.887. The summed E-state index contributed by atoms with van der Waals surface area (Å²) in [7, 11) is 0. The summed E-state index contributed by atoms with van der Waals surface area (Å²) in [6, 6.07) is 16.9. The number of aromatic hydroxyl groups is 1. The van der Waals surface area contributed by atoms with Gasteiger partial charge in [-0.05, 0) is 47.5 Å². The average molecular weight is 512 g/mol. The second-order valence-electron chi connectivity index (χ2n) is 8.04. The fourth-order valence-corrected chi connectivity index (χ4v) is 4.40. The monoisotopic (exact) mass is 511 g/mol. The average Bonchev–Trinajstić information content (AvgIpc) is 3.32. The van der Waals surface area contributed by atoms with Crippen LogP contribution in [0.5, 0.6) is 17.2 Å². The number of hydrogen-bond acceptors (Lipinski definition) is 6. The number of hydrogen-bond donors (Lipinski definition) is 2. The SMILES string of the molecule is O=C(C[C@@H](c1ccc2c(c1)OCO2)c1c(O)c2ccccc2oc1=O)NCc1ccc(Cl)c(Cl)c1. The van der Waals surface area contributed by atoms with Gasteiger partial charge in [0.25, 0.3) is 0 Å². The minimum absolute atomic E-state index is 0.00717. The van der Waals surface area contributed by atoms with Gasteiger partial charge in [0.2, 0.25) is 12.7 Å². The smallest absolute Gasteiger partial charge is 0.343 e. The highest BCUT2D eigenvalue weighted by Gasteiger charge is 2.28. The molecule has 1 atom stereocenters. The third kappa shape index (κ3) is 4.65. The van der Waals surface area contributed by atoms with E-state index in [2.05, 4.69) is 5.32 Å². The number of rotatable bonds is 6. The fraction of sp³-hybridized carbons (Fsp3) is 0.154. The van der Waals surface area contributed by atoms with Crippen LogP contribution in [0.25, 0.3) is 11.0 Å². The molecule has 7 nitrogen and oxygen atoms in total. The van der Waals surface area contributed by atoms with Crippen LogP contribution >= 0.6 is 23.2 Å². The van der Waals surface area contributed by atoms with Gasteiger partial charge >= 0.3 is 5.63 Å². The number of carbonyl (C=O) groups is 1. The molecule has 35 heavy (non-hydrogen) atoms. The first-order chi connectivity index (χ1) is 16.9. The molecule has 1 aromatic heterocycles. The Morgan fingerprint density at radius 1 is 1.00 bits per heavy atom. The van der Waals surface area contributed by atoms with E-state index < -0.39 is 11.5 Å². The highest BCUT2D eigenvalue weighted by molar-refractivity contribution is 6.42. The molecule has 2 N–H and O–H groups in total. The maximum absolute atomic E-state index is 13.0. The number of benzene rings is 3. The number of nitrogens with one attached hydrogen (secondary N) is 1. The Morgan fingerprint density at radius 3 is 2.63 bits per heavy atom. The van der Waals surface area contributed by atoms with Crippen LogP contribution in [0.1, 0.15) is 29.0 Å². The normalized spacial score (nSPS) is 13.1. The molecule has 0 saturated heterocycles. The molecule has 2 heterocycles. The number of para-hydroxylation sites is 1. The molecule has 1 aliphatic heterocycles. The molecular formula is C26H19Cl2NO6. The summed E-state index contributed by atoms with van der Waals surface area (Å²) in [6.45, 7) is 0.291. The maximum atomic E-state index is 13.0. The van der Waals surface area contributed by atoms with Crippen LogP contribution in [0.4, 0.5) is 0 Å². The van der Waals surface area contributed by atoms with Crippen LogP contribution in [0.3, 0.4) is 0 Å². The zero-order valence-electron chi connectivity index (χ0n) is 18.2. The summed E-state index contributed by atoms with van der Waals surface area (Å²) >= 11 is 12.0. The Morgan fingerprint density at radius 2 is 1.80 bits per heavy atom. The van der Waals surface area contributed by atoms with E-state index in [0.29, 0.717) is 32.5 Å². The van der Waals surface area contributed by atoms with Crippen molar-refractivity contribution < 1.29 is 23.8 Å². The number of fused-ring (bicyclic) bond motifs is 2. The lowest BCUT2D eigenvalue weighted by Gasteiger charge is -2.19. The van der Waals surface area contributed by atoms with Crippen LogP contribution in [0.2, 0.25) is 10.0 Å². The van der Waals surface area contributed by atoms with Gasteiger partial charge in [0.05, 0.1) is 21.0 Å². The molecule has 9 heteroatoms. The molecule has 5 rings (SSSR count). The van der Waals surface area contributed by atoms with Crippen LogP contribution in [-0.4, -0.2) is 17.8 Å². The molecule has 0 bridgehead atoms. The number of halogens is 2. The lowest BCUT2D eigenvalue weighted by Crippen LogP contribution is -2.26. The molecule has 0 unspecified atom stereocenters. The van der Waals surface area contributed by atoms with E-state index in [1.807, 2.05) is 0 Å². The molecule has 1 aliphatic rings. The van der Waals surface area contributed by atoms with E-state index in [0.717, 1.165) is 5.56 Å². The van der Waals surface area contributed by atoms with E-state index in [4.69, 9.17) is 37.1 Å². The van der Waals surface area contributed by atoms with E-state index >= 15 is 0 Å². The van der Waals surface area contributed by atoms with Crippen molar-refractivity contribution in [3.8, 4) is 17.2 Å². The van der Waals surface area contributed by atoms with E-state index in [1.54, 1.807) is 60.7 Å². The lowest BCUT2D eigenvalue weighted by molar-refractivity contribution is -0.121. The maximum Gasteiger partial charge on any atom is 0.343 e. The predicted molar refractivity (Wildman–Crippen MR) is 131 cm³/mol. The molecule has 1 amide bonds. The first-order valence-corrected chi connectivity index (χ1v) is 11.5. The van der Waals surface area contributed by atoms with Crippen molar-refractivity contribution in [2.75, 3.05) is 6.79 Å². The summed E-state index contributed by atoms with van der Waals surface area (Å²) in [4.78, 5) is 26.0. The quantitative estimate of drug-likeness (QED) is 0.337. The van der Waals surface area contributed by atoms with Gasteiger partial charge < -0.3 is 24.3 Å². The first kappa shape index (κ1) is 23.1. The third-order valence-corrected chi connectivity index (χ3v) is 6.57. The van der Waals surface area contributed by atoms with Gasteiger partial charge in [-0.2, -0.15) is 0 Å². The van der Waals surface area contributed by atoms with Crippen molar-refractivity contribution in [1.82, 2.24) is 5.32 Å². The highest BCUT2D eigenvalue weighted by atomic mass is 35.5. The largest absolute Gasteiger partial charge is 0.507 e. The van der Waals surface area contributed by atoms with E-state index in [-0.39, 0.29) is 42.6 Å². The van der Waals surface area contributed by atoms with Gasteiger partial charge in [0, 0.05) is 18.9 Å². The molecule has 0 fully saturated rings. The second kappa shape index (κ2) is 9.52. The molecule has 178 valence electrons. The van der Waals surface area contributed by atoms with Gasteiger partial charge in [-0.15, -0.1) is 0 Å². The Labute approximate surface area is 209 Å². The van der Waals surface area contributed by atoms with Gasteiger partial charge in [-0.3, -0.25) is 4.79 Å². The van der Waals surface area contributed by atoms with Crippen molar-refractivity contribution in [2.45, 2.75) is 18.9 Å². The number of ether oxygens (including phenoxy) is 2. The highest BCUT2D eigenvalue weighted by Crippen LogP contribution is 2.40. The van der Waals surface area contributed by atoms with Crippen molar-refractivity contribution in [3.05, 3.63) is 97.8 Å². The molecule has 0 spiro atoms. The zero-order valence-corrected chi connectivity index (χ0v) is 19.7. The summed E-state index contributed by atoms with van der Waals surface area (Å²) in [5, 5.41) is 15.1. The summed E-state index contributed by atoms with van der Waals surface area (Å²) in [5.74, 6) is -0.318. The standard InChI is InChI=1S/C26H19Cl2NO6/c27-18-7-5-14(9-19(18)28)12-29-23(30)11-17(15-6-8-21-22(10-15)34-13-33-21)24-25(31)16-3-1-2-4-20(16)35-26(24)32/h1-10,17,31H,11-13H2,(H,29,30)/t17-/m0/s1.